The molecule has 1 amide bonds. The second kappa shape index (κ2) is 9.52. The smallest absolute Gasteiger partial charge is 0.234 e. The molecule has 0 aliphatic heterocycles. The van der Waals surface area contributed by atoms with E-state index in [1.54, 1.807) is 28.8 Å². The SMILES string of the molecule is C=CCn1c(SCC(=O)Nc2ccccc2C(C)C)nnc1-c1ccccc1F. The van der Waals surface area contributed by atoms with E-state index in [1.165, 1.54) is 17.8 Å². The summed E-state index contributed by atoms with van der Waals surface area (Å²) < 4.78 is 15.9. The molecule has 5 nitrogen and oxygen atoms in total. The molecule has 0 fully saturated rings. The van der Waals surface area contributed by atoms with E-state index in [9.17, 15) is 9.18 Å². The van der Waals surface area contributed by atoms with Gasteiger partial charge in [-0.25, -0.2) is 4.39 Å². The zero-order valence-electron chi connectivity index (χ0n) is 16.4. The highest BCUT2D eigenvalue weighted by Crippen LogP contribution is 2.27. The van der Waals surface area contributed by atoms with Crippen LogP contribution in [0.3, 0.4) is 0 Å². The number of hydrogen-bond donors (Lipinski definition) is 1. The maximum Gasteiger partial charge on any atom is 0.234 e. The summed E-state index contributed by atoms with van der Waals surface area (Å²) in [6.07, 6.45) is 1.69. The molecule has 0 saturated heterocycles. The molecular formula is C22H23FN4OS. The quantitative estimate of drug-likeness (QED) is 0.413. The lowest BCUT2D eigenvalue weighted by molar-refractivity contribution is -0.113. The number of thioether (sulfide) groups is 1. The number of amides is 1. The van der Waals surface area contributed by atoms with Crippen molar-refractivity contribution in [2.24, 2.45) is 0 Å². The van der Waals surface area contributed by atoms with Gasteiger partial charge >= 0.3 is 0 Å². The number of para-hydroxylation sites is 1. The molecule has 0 atom stereocenters. The van der Waals surface area contributed by atoms with Gasteiger partial charge in [0.1, 0.15) is 5.82 Å². The highest BCUT2D eigenvalue weighted by Gasteiger charge is 2.17. The Morgan fingerprint density at radius 3 is 2.66 bits per heavy atom. The Kier molecular flexibility index (Phi) is 6.82. The Morgan fingerprint density at radius 1 is 1.21 bits per heavy atom. The lowest BCUT2D eigenvalue weighted by Crippen LogP contribution is -2.16. The third-order valence-electron chi connectivity index (χ3n) is 4.33. The van der Waals surface area contributed by atoms with Crippen molar-refractivity contribution in [2.75, 3.05) is 11.1 Å². The van der Waals surface area contributed by atoms with E-state index >= 15 is 0 Å². The Hall–Kier alpha value is -2.93. The number of halogens is 1. The summed E-state index contributed by atoms with van der Waals surface area (Å²) in [4.78, 5) is 12.5. The van der Waals surface area contributed by atoms with Crippen LogP contribution in [0.2, 0.25) is 0 Å². The molecule has 3 rings (SSSR count). The first-order valence-corrected chi connectivity index (χ1v) is 10.3. The van der Waals surface area contributed by atoms with Crippen LogP contribution < -0.4 is 5.32 Å². The number of benzene rings is 2. The van der Waals surface area contributed by atoms with E-state index in [0.717, 1.165) is 11.3 Å². The molecule has 0 radical (unpaired) electrons. The van der Waals surface area contributed by atoms with Gasteiger partial charge in [0.25, 0.3) is 0 Å². The van der Waals surface area contributed by atoms with Gasteiger partial charge in [-0.1, -0.05) is 62.0 Å². The van der Waals surface area contributed by atoms with Crippen LogP contribution in [0.25, 0.3) is 11.4 Å². The standard InChI is InChI=1S/C22H23FN4OS/c1-4-13-27-21(17-10-5-7-11-18(17)23)25-26-22(27)29-14-20(28)24-19-12-8-6-9-16(19)15(2)3/h4-12,15H,1,13-14H2,2-3H3,(H,24,28). The first-order chi connectivity index (χ1) is 14.0. The number of nitrogens with one attached hydrogen (secondary N) is 1. The molecule has 29 heavy (non-hydrogen) atoms. The van der Waals surface area contributed by atoms with E-state index < -0.39 is 0 Å². The monoisotopic (exact) mass is 410 g/mol. The summed E-state index contributed by atoms with van der Waals surface area (Å²) in [6.45, 7) is 8.34. The number of carbonyl (C=O) groups is 1. The average Bonchev–Trinajstić information content (AvgIpc) is 3.10. The van der Waals surface area contributed by atoms with E-state index in [-0.39, 0.29) is 17.5 Å². The van der Waals surface area contributed by atoms with Crippen molar-refractivity contribution in [3.63, 3.8) is 0 Å². The van der Waals surface area contributed by atoms with Gasteiger partial charge in [0.05, 0.1) is 11.3 Å². The van der Waals surface area contributed by atoms with Crippen LogP contribution >= 0.6 is 11.8 Å². The van der Waals surface area contributed by atoms with Crippen LogP contribution in [0.1, 0.15) is 25.3 Å². The number of nitrogens with zero attached hydrogens (tertiary/aromatic N) is 3. The fourth-order valence-corrected chi connectivity index (χ4v) is 3.71. The van der Waals surface area contributed by atoms with Gasteiger partial charge in [-0.05, 0) is 29.7 Å². The molecule has 0 bridgehead atoms. The van der Waals surface area contributed by atoms with E-state index in [4.69, 9.17) is 0 Å². The van der Waals surface area contributed by atoms with Crippen molar-refractivity contribution in [3.8, 4) is 11.4 Å². The molecule has 2 aromatic carbocycles. The normalized spacial score (nSPS) is 10.9. The second-order valence-corrected chi connectivity index (χ2v) is 7.71. The predicted molar refractivity (Wildman–Crippen MR) is 115 cm³/mol. The fraction of sp³-hybridized carbons (Fsp3) is 0.227. The number of allylic oxidation sites excluding steroid dienone is 1. The lowest BCUT2D eigenvalue weighted by Gasteiger charge is -2.13. The van der Waals surface area contributed by atoms with Gasteiger partial charge in [-0.2, -0.15) is 0 Å². The zero-order chi connectivity index (χ0) is 20.8. The molecule has 0 spiro atoms. The fourth-order valence-electron chi connectivity index (χ4n) is 2.96. The van der Waals surface area contributed by atoms with Crippen LogP contribution in [0, 0.1) is 5.82 Å². The van der Waals surface area contributed by atoms with Crippen LogP contribution in [0.5, 0.6) is 0 Å². The lowest BCUT2D eigenvalue weighted by atomic mass is 10.0. The minimum Gasteiger partial charge on any atom is -0.325 e. The Balaban J connectivity index is 1.75. The average molecular weight is 411 g/mol. The van der Waals surface area contributed by atoms with Gasteiger partial charge in [0, 0.05) is 12.2 Å². The molecule has 0 saturated carbocycles. The van der Waals surface area contributed by atoms with E-state index in [2.05, 4.69) is 35.9 Å². The summed E-state index contributed by atoms with van der Waals surface area (Å²) in [5.74, 6) is 0.377. The molecule has 1 heterocycles. The van der Waals surface area contributed by atoms with Gasteiger partial charge < -0.3 is 5.32 Å². The first-order valence-electron chi connectivity index (χ1n) is 9.31. The number of aromatic nitrogens is 3. The van der Waals surface area contributed by atoms with Crippen molar-refractivity contribution < 1.29 is 9.18 Å². The van der Waals surface area contributed by atoms with Gasteiger partial charge in [-0.15, -0.1) is 16.8 Å². The van der Waals surface area contributed by atoms with E-state index in [0.29, 0.717) is 29.0 Å². The predicted octanol–water partition coefficient (Wildman–Crippen LogP) is 5.12. The van der Waals surface area contributed by atoms with Gasteiger partial charge in [-0.3, -0.25) is 9.36 Å². The van der Waals surface area contributed by atoms with Crippen molar-refractivity contribution in [3.05, 3.63) is 72.6 Å². The number of hydrogen-bond acceptors (Lipinski definition) is 4. The number of carbonyl (C=O) groups excluding carboxylic acids is 1. The maximum atomic E-state index is 14.2. The van der Waals surface area contributed by atoms with Crippen LogP contribution in [0.4, 0.5) is 10.1 Å². The zero-order valence-corrected chi connectivity index (χ0v) is 17.2. The molecule has 150 valence electrons. The van der Waals surface area contributed by atoms with Crippen LogP contribution in [0.15, 0.2) is 66.3 Å². The summed E-state index contributed by atoms with van der Waals surface area (Å²) in [5, 5.41) is 11.8. The summed E-state index contributed by atoms with van der Waals surface area (Å²) in [5.41, 5.74) is 2.26. The summed E-state index contributed by atoms with van der Waals surface area (Å²) in [6, 6.07) is 14.2. The third-order valence-corrected chi connectivity index (χ3v) is 5.30. The molecule has 0 aliphatic carbocycles. The minimum absolute atomic E-state index is 0.135. The summed E-state index contributed by atoms with van der Waals surface area (Å²) in [7, 11) is 0. The number of rotatable bonds is 8. The topological polar surface area (TPSA) is 59.8 Å². The van der Waals surface area contributed by atoms with Gasteiger partial charge in [0.15, 0.2) is 11.0 Å². The first kappa shape index (κ1) is 20.8. The molecule has 7 heteroatoms. The van der Waals surface area contributed by atoms with Crippen molar-refractivity contribution in [2.45, 2.75) is 31.5 Å². The highest BCUT2D eigenvalue weighted by atomic mass is 32.2. The minimum atomic E-state index is -0.371. The largest absolute Gasteiger partial charge is 0.325 e. The Morgan fingerprint density at radius 2 is 1.93 bits per heavy atom. The number of anilines is 1. The van der Waals surface area contributed by atoms with E-state index in [1.807, 2.05) is 24.3 Å². The molecular weight excluding hydrogens is 387 g/mol. The van der Waals surface area contributed by atoms with Crippen molar-refractivity contribution in [1.82, 2.24) is 14.8 Å². The summed E-state index contributed by atoms with van der Waals surface area (Å²) >= 11 is 1.26. The van der Waals surface area contributed by atoms with Gasteiger partial charge in [0.2, 0.25) is 5.91 Å². The molecule has 0 unspecified atom stereocenters. The molecule has 0 aliphatic rings. The molecule has 3 aromatic rings. The highest BCUT2D eigenvalue weighted by molar-refractivity contribution is 7.99. The second-order valence-electron chi connectivity index (χ2n) is 6.76. The third kappa shape index (κ3) is 4.92. The Labute approximate surface area is 174 Å². The maximum absolute atomic E-state index is 14.2. The molecule has 1 aromatic heterocycles. The molecule has 1 N–H and O–H groups in total. The van der Waals surface area contributed by atoms with Crippen LogP contribution in [-0.4, -0.2) is 26.4 Å². The van der Waals surface area contributed by atoms with Crippen LogP contribution in [-0.2, 0) is 11.3 Å². The van der Waals surface area contributed by atoms with Crippen molar-refractivity contribution >= 4 is 23.4 Å². The Bertz CT molecular complexity index is 1020. The van der Waals surface area contributed by atoms with Crippen molar-refractivity contribution in [1.29, 1.82) is 0 Å².